The van der Waals surface area contributed by atoms with Crippen LogP contribution in [0.25, 0.3) is 0 Å². The third-order valence-corrected chi connectivity index (χ3v) is 8.06. The third-order valence-electron chi connectivity index (χ3n) is 6.15. The molecule has 1 saturated carbocycles. The van der Waals surface area contributed by atoms with E-state index in [2.05, 4.69) is 0 Å². The van der Waals surface area contributed by atoms with Gasteiger partial charge in [-0.25, -0.2) is 8.42 Å². The Hall–Kier alpha value is -1.93. The molecule has 3 rings (SSSR count). The lowest BCUT2D eigenvalue weighted by Gasteiger charge is -2.36. The van der Waals surface area contributed by atoms with E-state index in [1.54, 1.807) is 29.2 Å². The molecule has 7 nitrogen and oxygen atoms in total. The number of carbonyl (C=O) groups excluding carboxylic acids is 2. The molecule has 1 heterocycles. The molecule has 0 atom stereocenters. The van der Waals surface area contributed by atoms with Gasteiger partial charge in [-0.1, -0.05) is 37.0 Å². The van der Waals surface area contributed by atoms with E-state index in [9.17, 15) is 18.0 Å². The minimum Gasteiger partial charge on any atom is -0.369 e. The van der Waals surface area contributed by atoms with Crippen molar-refractivity contribution in [3.8, 4) is 0 Å². The molecule has 2 amide bonds. The molecule has 1 aromatic rings. The number of hydrogen-bond acceptors (Lipinski definition) is 4. The molecule has 0 bridgehead atoms. The number of primary amides is 1. The van der Waals surface area contributed by atoms with Crippen LogP contribution in [0.1, 0.15) is 50.5 Å². The molecule has 0 aromatic heterocycles. The van der Waals surface area contributed by atoms with Gasteiger partial charge in [0.25, 0.3) is 0 Å². The Bertz CT molecular complexity index is 824. The third kappa shape index (κ3) is 5.17. The fraction of sp³-hybridized carbons (Fsp3) is 0.619. The van der Waals surface area contributed by atoms with Crippen LogP contribution in [-0.2, 0) is 19.6 Å². The van der Waals surface area contributed by atoms with Crippen LogP contribution in [0.15, 0.2) is 29.2 Å². The molecule has 29 heavy (non-hydrogen) atoms. The number of hydrogen-bond donors (Lipinski definition) is 1. The van der Waals surface area contributed by atoms with E-state index in [0.717, 1.165) is 37.7 Å². The summed E-state index contributed by atoms with van der Waals surface area (Å²) >= 11 is 0. The molecule has 0 spiro atoms. The Morgan fingerprint density at radius 2 is 1.62 bits per heavy atom. The molecular weight excluding hydrogens is 390 g/mol. The van der Waals surface area contributed by atoms with Gasteiger partial charge in [-0.05, 0) is 44.7 Å². The van der Waals surface area contributed by atoms with E-state index in [1.165, 1.54) is 4.31 Å². The highest BCUT2D eigenvalue weighted by atomic mass is 32.2. The van der Waals surface area contributed by atoms with Gasteiger partial charge in [0, 0.05) is 25.0 Å². The van der Waals surface area contributed by atoms with Gasteiger partial charge < -0.3 is 10.6 Å². The quantitative estimate of drug-likeness (QED) is 0.759. The van der Waals surface area contributed by atoms with Gasteiger partial charge in [0.15, 0.2) is 0 Å². The molecule has 2 aliphatic rings. The maximum absolute atomic E-state index is 13.4. The predicted octanol–water partition coefficient (Wildman–Crippen LogP) is 2.04. The predicted molar refractivity (Wildman–Crippen MR) is 110 cm³/mol. The normalized spacial score (nSPS) is 19.4. The van der Waals surface area contributed by atoms with Gasteiger partial charge in [0.1, 0.15) is 0 Å². The smallest absolute Gasteiger partial charge is 0.243 e. The number of piperidine rings is 1. The van der Waals surface area contributed by atoms with Crippen LogP contribution < -0.4 is 5.73 Å². The molecule has 2 N–H and O–H groups in total. The van der Waals surface area contributed by atoms with Crippen LogP contribution >= 0.6 is 0 Å². The van der Waals surface area contributed by atoms with Gasteiger partial charge in [-0.2, -0.15) is 4.31 Å². The highest BCUT2D eigenvalue weighted by Crippen LogP contribution is 2.28. The van der Waals surface area contributed by atoms with Crippen LogP contribution in [-0.4, -0.2) is 55.1 Å². The molecule has 160 valence electrons. The number of rotatable bonds is 6. The minimum atomic E-state index is -3.76. The van der Waals surface area contributed by atoms with Crippen LogP contribution in [0.2, 0.25) is 0 Å². The summed E-state index contributed by atoms with van der Waals surface area (Å²) in [6.45, 7) is 2.64. The van der Waals surface area contributed by atoms with Gasteiger partial charge in [0.05, 0.1) is 11.4 Å². The first-order valence-electron chi connectivity index (χ1n) is 10.4. The highest BCUT2D eigenvalue weighted by Gasteiger charge is 2.36. The second-order valence-electron chi connectivity index (χ2n) is 8.21. The van der Waals surface area contributed by atoms with Gasteiger partial charge in [-0.3, -0.25) is 9.59 Å². The van der Waals surface area contributed by atoms with Crippen molar-refractivity contribution in [1.82, 2.24) is 9.21 Å². The van der Waals surface area contributed by atoms with Crippen molar-refractivity contribution in [3.05, 3.63) is 29.8 Å². The van der Waals surface area contributed by atoms with Crippen molar-refractivity contribution in [1.29, 1.82) is 0 Å². The maximum Gasteiger partial charge on any atom is 0.243 e. The second kappa shape index (κ2) is 9.26. The molecule has 2 fully saturated rings. The Morgan fingerprint density at radius 3 is 2.17 bits per heavy atom. The summed E-state index contributed by atoms with van der Waals surface area (Å²) in [6.07, 6.45) is 5.68. The molecule has 1 saturated heterocycles. The van der Waals surface area contributed by atoms with Crippen molar-refractivity contribution in [2.75, 3.05) is 19.6 Å². The summed E-state index contributed by atoms with van der Waals surface area (Å²) in [4.78, 5) is 26.2. The van der Waals surface area contributed by atoms with Crippen molar-refractivity contribution >= 4 is 21.8 Å². The lowest BCUT2D eigenvalue weighted by atomic mass is 9.95. The number of nitrogens with two attached hydrogens (primary N) is 1. The van der Waals surface area contributed by atoms with E-state index >= 15 is 0 Å². The Kier molecular flexibility index (Phi) is 6.95. The van der Waals surface area contributed by atoms with Crippen molar-refractivity contribution in [2.45, 2.75) is 62.8 Å². The van der Waals surface area contributed by atoms with Gasteiger partial charge >= 0.3 is 0 Å². The number of amides is 2. The van der Waals surface area contributed by atoms with Crippen LogP contribution in [0.3, 0.4) is 0 Å². The topological polar surface area (TPSA) is 101 Å². The fourth-order valence-electron chi connectivity index (χ4n) is 4.27. The lowest BCUT2D eigenvalue weighted by molar-refractivity contribution is -0.135. The summed E-state index contributed by atoms with van der Waals surface area (Å²) in [5.41, 5.74) is 6.36. The fourth-order valence-corrected chi connectivity index (χ4v) is 5.91. The van der Waals surface area contributed by atoms with E-state index in [-0.39, 0.29) is 35.2 Å². The SMILES string of the molecule is Cc1ccc(S(=O)(=O)N(CC(=O)N2CCC(C(N)=O)CC2)C2CCCCC2)cc1. The Labute approximate surface area is 173 Å². The number of aryl methyl sites for hydroxylation is 1. The zero-order valence-corrected chi connectivity index (χ0v) is 17.9. The van der Waals surface area contributed by atoms with Crippen molar-refractivity contribution in [3.63, 3.8) is 0 Å². The molecule has 1 aromatic carbocycles. The summed E-state index contributed by atoms with van der Waals surface area (Å²) in [5, 5.41) is 0. The number of likely N-dealkylation sites (tertiary alicyclic amines) is 1. The molecule has 0 radical (unpaired) electrons. The van der Waals surface area contributed by atoms with Gasteiger partial charge in [-0.15, -0.1) is 0 Å². The van der Waals surface area contributed by atoms with Crippen molar-refractivity contribution in [2.24, 2.45) is 11.7 Å². The minimum absolute atomic E-state index is 0.151. The summed E-state index contributed by atoms with van der Waals surface area (Å²) in [5.74, 6) is -0.734. The molecular formula is C21H31N3O4S. The molecule has 1 aliphatic heterocycles. The number of benzene rings is 1. The summed E-state index contributed by atoms with van der Waals surface area (Å²) in [7, 11) is -3.76. The van der Waals surface area contributed by atoms with E-state index in [0.29, 0.717) is 25.9 Å². The highest BCUT2D eigenvalue weighted by molar-refractivity contribution is 7.89. The lowest BCUT2D eigenvalue weighted by Crippen LogP contribution is -2.50. The van der Waals surface area contributed by atoms with Crippen LogP contribution in [0.4, 0.5) is 0 Å². The van der Waals surface area contributed by atoms with Gasteiger partial charge in [0.2, 0.25) is 21.8 Å². The molecule has 0 unspecified atom stereocenters. The zero-order valence-electron chi connectivity index (χ0n) is 17.0. The van der Waals surface area contributed by atoms with Crippen LogP contribution in [0, 0.1) is 12.8 Å². The van der Waals surface area contributed by atoms with Crippen molar-refractivity contribution < 1.29 is 18.0 Å². The van der Waals surface area contributed by atoms with E-state index in [1.807, 2.05) is 6.92 Å². The van der Waals surface area contributed by atoms with E-state index < -0.39 is 10.0 Å². The maximum atomic E-state index is 13.4. The first-order chi connectivity index (χ1) is 13.8. The number of sulfonamides is 1. The largest absolute Gasteiger partial charge is 0.369 e. The standard InChI is InChI=1S/C21H31N3O4S/c1-16-7-9-19(10-8-16)29(27,28)24(18-5-3-2-4-6-18)15-20(25)23-13-11-17(12-14-23)21(22)26/h7-10,17-18H,2-6,11-15H2,1H3,(H2,22,26). The second-order valence-corrected chi connectivity index (χ2v) is 10.1. The summed E-state index contributed by atoms with van der Waals surface area (Å²) < 4.78 is 28.2. The average Bonchev–Trinajstić information content (AvgIpc) is 2.72. The monoisotopic (exact) mass is 421 g/mol. The number of nitrogens with zero attached hydrogens (tertiary/aromatic N) is 2. The molecule has 8 heteroatoms. The zero-order chi connectivity index (χ0) is 21.0. The molecule has 1 aliphatic carbocycles. The first kappa shape index (κ1) is 21.8. The Balaban J connectivity index is 1.78. The van der Waals surface area contributed by atoms with Crippen LogP contribution in [0.5, 0.6) is 0 Å². The average molecular weight is 422 g/mol. The first-order valence-corrected chi connectivity index (χ1v) is 11.9. The summed E-state index contributed by atoms with van der Waals surface area (Å²) in [6, 6.07) is 6.64. The Morgan fingerprint density at radius 1 is 1.03 bits per heavy atom. The van der Waals surface area contributed by atoms with E-state index in [4.69, 9.17) is 5.73 Å². The number of carbonyl (C=O) groups is 2.